The predicted octanol–water partition coefficient (Wildman–Crippen LogP) is 3.85. The van der Waals surface area contributed by atoms with E-state index < -0.39 is 16.9 Å². The van der Waals surface area contributed by atoms with E-state index in [2.05, 4.69) is 5.32 Å². The summed E-state index contributed by atoms with van der Waals surface area (Å²) in [4.78, 5) is 26.2. The Hall–Kier alpha value is -2.41. The number of likely N-dealkylation sites (N-methyl/N-ethyl adjacent to an activating group) is 1. The smallest absolute Gasteiger partial charge is 0.243 e. The number of amides is 2. The highest BCUT2D eigenvalue weighted by Crippen LogP contribution is 2.25. The second kappa shape index (κ2) is 8.80. The lowest BCUT2D eigenvalue weighted by Gasteiger charge is -2.20. The molecule has 138 valence electrons. The molecule has 1 atom stereocenters. The van der Waals surface area contributed by atoms with E-state index in [1.807, 2.05) is 19.1 Å². The summed E-state index contributed by atoms with van der Waals surface area (Å²) in [6.07, 6.45) is 0. The first-order valence-corrected chi connectivity index (χ1v) is 8.87. The summed E-state index contributed by atoms with van der Waals surface area (Å²) in [5, 5.41) is 2.18. The number of nitrogens with zero attached hydrogens (tertiary/aromatic N) is 1. The number of halogens is 2. The van der Waals surface area contributed by atoms with Crippen molar-refractivity contribution in [3.05, 3.63) is 59.7 Å². The third kappa shape index (κ3) is 5.56. The van der Waals surface area contributed by atoms with Gasteiger partial charge in [-0.1, -0.05) is 17.7 Å². The Labute approximate surface area is 155 Å². The van der Waals surface area contributed by atoms with Crippen LogP contribution >= 0.6 is 11.8 Å². The van der Waals surface area contributed by atoms with E-state index >= 15 is 0 Å². The van der Waals surface area contributed by atoms with Crippen LogP contribution in [-0.2, 0) is 9.59 Å². The van der Waals surface area contributed by atoms with Crippen LogP contribution in [0.3, 0.4) is 0 Å². The zero-order valence-corrected chi connectivity index (χ0v) is 15.6. The number of rotatable bonds is 6. The molecule has 0 aliphatic heterocycles. The van der Waals surface area contributed by atoms with Crippen molar-refractivity contribution in [1.29, 1.82) is 0 Å². The van der Waals surface area contributed by atoms with E-state index in [1.54, 1.807) is 19.1 Å². The van der Waals surface area contributed by atoms with Gasteiger partial charge in [-0.05, 0) is 44.2 Å². The number of hydrogen-bond donors (Lipinski definition) is 1. The Kier molecular flexibility index (Phi) is 6.74. The van der Waals surface area contributed by atoms with E-state index in [-0.39, 0.29) is 18.4 Å². The van der Waals surface area contributed by atoms with Crippen molar-refractivity contribution in [2.45, 2.75) is 24.0 Å². The Morgan fingerprint density at radius 3 is 2.38 bits per heavy atom. The molecule has 0 radical (unpaired) electrons. The molecule has 7 heteroatoms. The number of anilines is 1. The van der Waals surface area contributed by atoms with Gasteiger partial charge in [-0.3, -0.25) is 9.59 Å². The van der Waals surface area contributed by atoms with Crippen molar-refractivity contribution in [3.63, 3.8) is 0 Å². The maximum atomic E-state index is 13.3. The number of aryl methyl sites for hydroxylation is 1. The Balaban J connectivity index is 1.89. The molecule has 2 aromatic rings. The molecule has 0 heterocycles. The molecule has 2 amide bonds. The summed E-state index contributed by atoms with van der Waals surface area (Å²) in [6, 6.07) is 10.8. The first-order chi connectivity index (χ1) is 12.3. The molecule has 4 nitrogen and oxygen atoms in total. The van der Waals surface area contributed by atoms with Crippen molar-refractivity contribution >= 4 is 29.3 Å². The van der Waals surface area contributed by atoms with E-state index in [0.717, 1.165) is 29.5 Å². The second-order valence-corrected chi connectivity index (χ2v) is 7.36. The zero-order chi connectivity index (χ0) is 19.3. The fourth-order valence-corrected chi connectivity index (χ4v) is 3.25. The number of carbonyl (C=O) groups is 2. The molecule has 26 heavy (non-hydrogen) atoms. The van der Waals surface area contributed by atoms with Crippen LogP contribution in [-0.4, -0.2) is 35.6 Å². The van der Waals surface area contributed by atoms with Crippen LogP contribution in [0.4, 0.5) is 14.5 Å². The highest BCUT2D eigenvalue weighted by molar-refractivity contribution is 8.00. The van der Waals surface area contributed by atoms with E-state index in [9.17, 15) is 18.4 Å². The predicted molar refractivity (Wildman–Crippen MR) is 99.1 cm³/mol. The minimum Gasteiger partial charge on any atom is -0.335 e. The van der Waals surface area contributed by atoms with Gasteiger partial charge in [0.15, 0.2) is 11.6 Å². The lowest BCUT2D eigenvalue weighted by molar-refractivity contribution is -0.132. The third-order valence-corrected chi connectivity index (χ3v) is 4.73. The Morgan fingerprint density at radius 1 is 1.12 bits per heavy atom. The van der Waals surface area contributed by atoms with Gasteiger partial charge in [0.2, 0.25) is 11.8 Å². The molecule has 0 saturated carbocycles. The lowest BCUT2D eigenvalue weighted by Crippen LogP contribution is -2.38. The van der Waals surface area contributed by atoms with Gasteiger partial charge >= 0.3 is 0 Å². The molecular formula is C19H20F2N2O2S. The van der Waals surface area contributed by atoms with Gasteiger partial charge in [-0.15, -0.1) is 11.8 Å². The maximum absolute atomic E-state index is 13.3. The number of thioether (sulfide) groups is 1. The van der Waals surface area contributed by atoms with Crippen LogP contribution in [0.15, 0.2) is 47.4 Å². The third-order valence-electron chi connectivity index (χ3n) is 3.64. The lowest BCUT2D eigenvalue weighted by atomic mass is 10.2. The average Bonchev–Trinajstić information content (AvgIpc) is 2.59. The largest absolute Gasteiger partial charge is 0.335 e. The highest BCUT2D eigenvalue weighted by atomic mass is 32.2. The first kappa shape index (κ1) is 19.9. The summed E-state index contributed by atoms with van der Waals surface area (Å²) < 4.78 is 26.2. The molecule has 0 bridgehead atoms. The molecule has 0 fully saturated rings. The van der Waals surface area contributed by atoms with Crippen LogP contribution in [0.25, 0.3) is 0 Å². The summed E-state index contributed by atoms with van der Waals surface area (Å²) in [5.41, 5.74) is 1.74. The number of hydrogen-bond acceptors (Lipinski definition) is 3. The van der Waals surface area contributed by atoms with Crippen molar-refractivity contribution < 1.29 is 18.4 Å². The molecule has 2 aromatic carbocycles. The fourth-order valence-electron chi connectivity index (χ4n) is 2.25. The number of benzene rings is 2. The first-order valence-electron chi connectivity index (χ1n) is 7.99. The summed E-state index contributed by atoms with van der Waals surface area (Å²) in [6.45, 7) is 3.50. The summed E-state index contributed by atoms with van der Waals surface area (Å²) in [7, 11) is 1.53. The van der Waals surface area contributed by atoms with Crippen molar-refractivity contribution in [2.75, 3.05) is 18.9 Å². The SMILES string of the molecule is Cc1ccc(NC(=O)CN(C)C(=O)[C@H](C)Sc2ccc(F)c(F)c2)cc1. The topological polar surface area (TPSA) is 49.4 Å². The van der Waals surface area contributed by atoms with Gasteiger partial charge in [0.05, 0.1) is 11.8 Å². The van der Waals surface area contributed by atoms with E-state index in [1.165, 1.54) is 18.0 Å². The average molecular weight is 378 g/mol. The highest BCUT2D eigenvalue weighted by Gasteiger charge is 2.21. The van der Waals surface area contributed by atoms with Gasteiger partial charge in [0.1, 0.15) is 0 Å². The monoisotopic (exact) mass is 378 g/mol. The minimum absolute atomic E-state index is 0.102. The van der Waals surface area contributed by atoms with Crippen molar-refractivity contribution in [2.24, 2.45) is 0 Å². The van der Waals surface area contributed by atoms with E-state index in [4.69, 9.17) is 0 Å². The standard InChI is InChI=1S/C19H20F2N2O2S/c1-12-4-6-14(7-5-12)22-18(24)11-23(3)19(25)13(2)26-15-8-9-16(20)17(21)10-15/h4-10,13H,11H2,1-3H3,(H,22,24)/t13-/m0/s1. The summed E-state index contributed by atoms with van der Waals surface area (Å²) in [5.74, 6) is -2.48. The van der Waals surface area contributed by atoms with Crippen LogP contribution in [0.2, 0.25) is 0 Å². The fraction of sp³-hybridized carbons (Fsp3) is 0.263. The molecule has 0 unspecified atom stereocenters. The Morgan fingerprint density at radius 2 is 1.77 bits per heavy atom. The van der Waals surface area contributed by atoms with Crippen molar-refractivity contribution in [1.82, 2.24) is 4.90 Å². The van der Waals surface area contributed by atoms with Gasteiger partial charge in [-0.2, -0.15) is 0 Å². The van der Waals surface area contributed by atoms with Crippen molar-refractivity contribution in [3.8, 4) is 0 Å². The van der Waals surface area contributed by atoms with Gasteiger partial charge in [0, 0.05) is 17.6 Å². The second-order valence-electron chi connectivity index (χ2n) is 5.94. The zero-order valence-electron chi connectivity index (χ0n) is 14.8. The van der Waals surface area contributed by atoms with Crippen LogP contribution in [0, 0.1) is 18.6 Å². The molecule has 0 aliphatic rings. The molecule has 0 spiro atoms. The summed E-state index contributed by atoms with van der Waals surface area (Å²) >= 11 is 1.11. The molecule has 0 saturated heterocycles. The number of nitrogens with one attached hydrogen (secondary N) is 1. The van der Waals surface area contributed by atoms with Crippen LogP contribution in [0.1, 0.15) is 12.5 Å². The van der Waals surface area contributed by atoms with Gasteiger partial charge in [0.25, 0.3) is 0 Å². The van der Waals surface area contributed by atoms with Gasteiger partial charge < -0.3 is 10.2 Å². The minimum atomic E-state index is -0.958. The van der Waals surface area contributed by atoms with Crippen LogP contribution < -0.4 is 5.32 Å². The molecule has 2 rings (SSSR count). The van der Waals surface area contributed by atoms with Gasteiger partial charge in [-0.25, -0.2) is 8.78 Å². The van der Waals surface area contributed by atoms with Crippen LogP contribution in [0.5, 0.6) is 0 Å². The molecular weight excluding hydrogens is 358 g/mol. The maximum Gasteiger partial charge on any atom is 0.243 e. The quantitative estimate of drug-likeness (QED) is 0.777. The van der Waals surface area contributed by atoms with E-state index in [0.29, 0.717) is 10.6 Å². The molecule has 1 N–H and O–H groups in total. The number of carbonyl (C=O) groups excluding carboxylic acids is 2. The Bertz CT molecular complexity index is 797. The molecule has 0 aliphatic carbocycles. The molecule has 0 aromatic heterocycles. The normalized spacial score (nSPS) is 11.7.